The maximum absolute atomic E-state index is 11.8. The molecule has 1 aromatic heterocycles. The second-order valence-corrected chi connectivity index (χ2v) is 6.70. The van der Waals surface area contributed by atoms with E-state index in [-0.39, 0.29) is 18.6 Å². The predicted octanol–water partition coefficient (Wildman–Crippen LogP) is 3.37. The molecule has 26 heavy (non-hydrogen) atoms. The number of carbonyl (C=O) groups is 1. The van der Waals surface area contributed by atoms with Crippen LogP contribution in [-0.4, -0.2) is 28.7 Å². The number of aromatic amines is 1. The van der Waals surface area contributed by atoms with Gasteiger partial charge in [0.2, 0.25) is 0 Å². The van der Waals surface area contributed by atoms with Crippen LogP contribution >= 0.6 is 0 Å². The molecular formula is C21H24N2O3. The van der Waals surface area contributed by atoms with E-state index in [0.29, 0.717) is 17.7 Å². The third-order valence-corrected chi connectivity index (χ3v) is 4.47. The van der Waals surface area contributed by atoms with Crippen molar-refractivity contribution in [1.29, 1.82) is 0 Å². The number of benzene rings is 2. The van der Waals surface area contributed by atoms with E-state index < -0.39 is 5.91 Å². The Morgan fingerprint density at radius 3 is 2.65 bits per heavy atom. The fourth-order valence-electron chi connectivity index (χ4n) is 3.28. The van der Waals surface area contributed by atoms with E-state index in [0.717, 1.165) is 22.0 Å². The van der Waals surface area contributed by atoms with Gasteiger partial charge in [0.1, 0.15) is 5.75 Å². The minimum atomic E-state index is -0.536. The largest absolute Gasteiger partial charge is 0.490 e. The monoisotopic (exact) mass is 352 g/mol. The van der Waals surface area contributed by atoms with Crippen LogP contribution in [0.15, 0.2) is 48.7 Å². The Morgan fingerprint density at radius 2 is 1.96 bits per heavy atom. The van der Waals surface area contributed by atoms with Gasteiger partial charge in [-0.25, -0.2) is 0 Å². The van der Waals surface area contributed by atoms with Crippen molar-refractivity contribution >= 4 is 16.8 Å². The summed E-state index contributed by atoms with van der Waals surface area (Å²) in [6.07, 6.45) is 2.48. The zero-order valence-corrected chi connectivity index (χ0v) is 15.0. The molecule has 0 unspecified atom stereocenters. The van der Waals surface area contributed by atoms with E-state index in [4.69, 9.17) is 10.5 Å². The van der Waals surface area contributed by atoms with Crippen molar-refractivity contribution in [3.05, 3.63) is 65.4 Å². The molecule has 0 aliphatic heterocycles. The minimum absolute atomic E-state index is 0.0593. The molecule has 1 amide bonds. The second kappa shape index (κ2) is 7.62. The molecule has 0 spiro atoms. The molecule has 2 aromatic carbocycles. The molecular weight excluding hydrogens is 328 g/mol. The highest BCUT2D eigenvalue weighted by molar-refractivity contribution is 5.96. The third kappa shape index (κ3) is 3.58. The first-order valence-corrected chi connectivity index (χ1v) is 8.76. The van der Waals surface area contributed by atoms with E-state index >= 15 is 0 Å². The van der Waals surface area contributed by atoms with Gasteiger partial charge in [0.15, 0.2) is 0 Å². The van der Waals surface area contributed by atoms with Gasteiger partial charge in [-0.1, -0.05) is 30.3 Å². The molecule has 0 bridgehead atoms. The van der Waals surface area contributed by atoms with Crippen molar-refractivity contribution in [2.24, 2.45) is 5.73 Å². The van der Waals surface area contributed by atoms with Crippen LogP contribution in [0, 0.1) is 0 Å². The lowest BCUT2D eigenvalue weighted by atomic mass is 9.90. The molecule has 1 heterocycles. The molecule has 5 nitrogen and oxygen atoms in total. The molecule has 0 aliphatic carbocycles. The van der Waals surface area contributed by atoms with Crippen molar-refractivity contribution in [1.82, 2.24) is 4.98 Å². The number of rotatable bonds is 7. The molecule has 0 saturated heterocycles. The molecule has 0 radical (unpaired) electrons. The van der Waals surface area contributed by atoms with Crippen LogP contribution in [0.4, 0.5) is 0 Å². The highest BCUT2D eigenvalue weighted by Crippen LogP contribution is 2.34. The van der Waals surface area contributed by atoms with Crippen molar-refractivity contribution in [2.75, 3.05) is 6.61 Å². The number of para-hydroxylation sites is 2. The van der Waals surface area contributed by atoms with Gasteiger partial charge in [-0.15, -0.1) is 0 Å². The Labute approximate surface area is 152 Å². The number of hydrogen-bond donors (Lipinski definition) is 3. The molecule has 0 fully saturated rings. The van der Waals surface area contributed by atoms with Crippen LogP contribution in [0.1, 0.15) is 41.3 Å². The average molecular weight is 352 g/mol. The Balaban J connectivity index is 2.02. The van der Waals surface area contributed by atoms with E-state index in [1.54, 1.807) is 12.1 Å². The van der Waals surface area contributed by atoms with Gasteiger partial charge in [-0.3, -0.25) is 4.79 Å². The number of nitrogens with one attached hydrogen (secondary N) is 1. The second-order valence-electron chi connectivity index (χ2n) is 6.70. The maximum atomic E-state index is 11.8. The normalized spacial score (nSPS) is 12.5. The molecule has 136 valence electrons. The minimum Gasteiger partial charge on any atom is -0.490 e. The first kappa shape index (κ1) is 18.0. The maximum Gasteiger partial charge on any atom is 0.252 e. The van der Waals surface area contributed by atoms with Crippen LogP contribution < -0.4 is 10.5 Å². The van der Waals surface area contributed by atoms with E-state index in [1.807, 2.05) is 44.3 Å². The Kier molecular flexibility index (Phi) is 5.28. The summed E-state index contributed by atoms with van der Waals surface area (Å²) < 4.78 is 5.91. The Morgan fingerprint density at radius 1 is 1.19 bits per heavy atom. The number of fused-ring (bicyclic) bond motifs is 1. The van der Waals surface area contributed by atoms with Crippen LogP contribution in [0.2, 0.25) is 0 Å². The molecule has 0 aliphatic rings. The molecule has 5 heteroatoms. The van der Waals surface area contributed by atoms with Crippen molar-refractivity contribution in [3.63, 3.8) is 0 Å². The number of nitrogens with two attached hydrogens (primary N) is 1. The number of carbonyl (C=O) groups excluding carboxylic acids is 1. The zero-order chi connectivity index (χ0) is 18.7. The van der Waals surface area contributed by atoms with E-state index in [9.17, 15) is 9.90 Å². The topological polar surface area (TPSA) is 88.3 Å². The summed E-state index contributed by atoms with van der Waals surface area (Å²) in [5.41, 5.74) is 8.83. The molecule has 3 rings (SSSR count). The van der Waals surface area contributed by atoms with Crippen molar-refractivity contribution in [2.45, 2.75) is 32.3 Å². The van der Waals surface area contributed by atoms with Crippen LogP contribution in [-0.2, 0) is 6.42 Å². The van der Waals surface area contributed by atoms with E-state index in [1.165, 1.54) is 0 Å². The van der Waals surface area contributed by atoms with Gasteiger partial charge < -0.3 is 20.6 Å². The quantitative estimate of drug-likeness (QED) is 0.609. The number of H-pyrrole nitrogens is 1. The number of aliphatic hydroxyl groups is 1. The van der Waals surface area contributed by atoms with E-state index in [2.05, 4.69) is 11.1 Å². The lowest BCUT2D eigenvalue weighted by molar-refractivity contribution is 0.0994. The summed E-state index contributed by atoms with van der Waals surface area (Å²) >= 11 is 0. The van der Waals surface area contributed by atoms with Gasteiger partial charge in [0.05, 0.1) is 18.3 Å². The first-order chi connectivity index (χ1) is 12.5. The molecule has 4 N–H and O–H groups in total. The van der Waals surface area contributed by atoms with Gasteiger partial charge in [-0.2, -0.15) is 0 Å². The van der Waals surface area contributed by atoms with Gasteiger partial charge in [-0.05, 0) is 38.0 Å². The number of amides is 1. The van der Waals surface area contributed by atoms with Gasteiger partial charge in [0.25, 0.3) is 5.91 Å². The summed E-state index contributed by atoms with van der Waals surface area (Å²) in [4.78, 5) is 15.1. The lowest BCUT2D eigenvalue weighted by Gasteiger charge is -2.22. The lowest BCUT2D eigenvalue weighted by Crippen LogP contribution is -2.19. The third-order valence-electron chi connectivity index (χ3n) is 4.47. The summed E-state index contributed by atoms with van der Waals surface area (Å²) in [6, 6.07) is 13.4. The van der Waals surface area contributed by atoms with Crippen molar-refractivity contribution < 1.29 is 14.6 Å². The average Bonchev–Trinajstić information content (AvgIpc) is 3.02. The fourth-order valence-corrected chi connectivity index (χ4v) is 3.28. The van der Waals surface area contributed by atoms with Crippen LogP contribution in [0.5, 0.6) is 5.75 Å². The molecule has 0 saturated carbocycles. The van der Waals surface area contributed by atoms with Gasteiger partial charge >= 0.3 is 0 Å². The highest BCUT2D eigenvalue weighted by Gasteiger charge is 2.22. The fraction of sp³-hybridized carbons (Fsp3) is 0.286. The van der Waals surface area contributed by atoms with Crippen molar-refractivity contribution in [3.8, 4) is 5.75 Å². The number of ether oxygens (including phenoxy) is 1. The molecule has 3 aromatic rings. The smallest absolute Gasteiger partial charge is 0.252 e. The zero-order valence-electron chi connectivity index (χ0n) is 15.0. The highest BCUT2D eigenvalue weighted by atomic mass is 16.5. The SMILES string of the molecule is CC(C)Oc1c(C(N)=O)cccc1[C@H](CO)Cc1c[nH]c2ccccc12. The summed E-state index contributed by atoms with van der Waals surface area (Å²) in [5.74, 6) is -0.276. The van der Waals surface area contributed by atoms with Crippen LogP contribution in [0.25, 0.3) is 10.9 Å². The first-order valence-electron chi connectivity index (χ1n) is 8.76. The number of aliphatic hydroxyl groups excluding tert-OH is 1. The number of hydrogen-bond acceptors (Lipinski definition) is 3. The Hall–Kier alpha value is -2.79. The molecule has 1 atom stereocenters. The van der Waals surface area contributed by atoms with Gasteiger partial charge in [0, 0.05) is 28.6 Å². The summed E-state index contributed by atoms with van der Waals surface area (Å²) in [6.45, 7) is 3.74. The summed E-state index contributed by atoms with van der Waals surface area (Å²) in [5, 5.41) is 11.2. The predicted molar refractivity (Wildman–Crippen MR) is 103 cm³/mol. The summed E-state index contributed by atoms with van der Waals surface area (Å²) in [7, 11) is 0. The standard InChI is InChI=1S/C21H24N2O3/c1-13(2)26-20-17(7-5-8-18(20)21(22)25)15(12-24)10-14-11-23-19-9-4-3-6-16(14)19/h3-9,11,13,15,23-24H,10,12H2,1-2H3,(H2,22,25)/t15-/m0/s1. The number of aromatic nitrogens is 1. The van der Waals surface area contributed by atoms with Crippen LogP contribution in [0.3, 0.4) is 0 Å². The Bertz CT molecular complexity index is 915. The number of primary amides is 1.